The summed E-state index contributed by atoms with van der Waals surface area (Å²) in [4.78, 5) is 13.0. The molecule has 234 valence electrons. The number of aromatic nitrogens is 2. The number of fused-ring (bicyclic) bond motifs is 9. The third-order valence-electron chi connectivity index (χ3n) is 10.2. The molecule has 0 saturated carbocycles. The van der Waals surface area contributed by atoms with E-state index in [1.54, 1.807) is 0 Å². The third-order valence-corrected chi connectivity index (χ3v) is 11.3. The molecule has 1 aliphatic carbocycles. The number of hydrogen-bond donors (Lipinski definition) is 0. The highest BCUT2D eigenvalue weighted by molar-refractivity contribution is 7.99. The van der Waals surface area contributed by atoms with Crippen molar-refractivity contribution in [2.75, 3.05) is 0 Å². The molecule has 0 radical (unpaired) electrons. The monoisotopic (exact) mass is 654 g/mol. The molecule has 10 rings (SSSR count). The molecule has 0 N–H and O–H groups in total. The average molecular weight is 655 g/mol. The Balaban J connectivity index is 1.21. The molecule has 0 amide bonds. The average Bonchev–Trinajstić information content (AvgIpc) is 3.48. The van der Waals surface area contributed by atoms with Crippen molar-refractivity contribution in [2.24, 2.45) is 0 Å². The zero-order chi connectivity index (χ0) is 33.1. The van der Waals surface area contributed by atoms with E-state index in [2.05, 4.69) is 164 Å². The lowest BCUT2D eigenvalue weighted by Gasteiger charge is -2.39. The van der Waals surface area contributed by atoms with Crippen molar-refractivity contribution in [3.8, 4) is 56.2 Å². The molecule has 0 fully saturated rings. The number of hydrogen-bond acceptors (Lipinski definition) is 3. The van der Waals surface area contributed by atoms with Crippen molar-refractivity contribution in [3.63, 3.8) is 0 Å². The van der Waals surface area contributed by atoms with Crippen molar-refractivity contribution >= 4 is 11.8 Å². The predicted octanol–water partition coefficient (Wildman–Crippen LogP) is 12.0. The second kappa shape index (κ2) is 11.5. The van der Waals surface area contributed by atoms with Crippen molar-refractivity contribution in [2.45, 2.75) is 15.2 Å². The Kier molecular flexibility index (Phi) is 6.68. The first-order chi connectivity index (χ1) is 24.8. The number of rotatable bonds is 4. The van der Waals surface area contributed by atoms with Crippen LogP contribution in [0.5, 0.6) is 0 Å². The first-order valence-electron chi connectivity index (χ1n) is 17.0. The Bertz CT molecular complexity index is 2530. The van der Waals surface area contributed by atoms with Crippen LogP contribution in [0.4, 0.5) is 0 Å². The first kappa shape index (κ1) is 28.9. The van der Waals surface area contributed by atoms with E-state index < -0.39 is 5.41 Å². The van der Waals surface area contributed by atoms with Gasteiger partial charge in [-0.05, 0) is 74.8 Å². The Hall–Kier alpha value is -6.03. The molecule has 2 nitrogen and oxygen atoms in total. The minimum Gasteiger partial charge on any atom is -0.228 e. The zero-order valence-corrected chi connectivity index (χ0v) is 27.9. The summed E-state index contributed by atoms with van der Waals surface area (Å²) in [7, 11) is 0. The summed E-state index contributed by atoms with van der Waals surface area (Å²) < 4.78 is 0. The molecule has 0 unspecified atom stereocenters. The lowest BCUT2D eigenvalue weighted by Crippen LogP contribution is -2.31. The molecule has 0 atom stereocenters. The van der Waals surface area contributed by atoms with Crippen LogP contribution in [0, 0.1) is 0 Å². The topological polar surface area (TPSA) is 25.8 Å². The summed E-state index contributed by atoms with van der Waals surface area (Å²) in [6.07, 6.45) is 0. The highest BCUT2D eigenvalue weighted by Crippen LogP contribution is 2.62. The van der Waals surface area contributed by atoms with Gasteiger partial charge in [0.25, 0.3) is 0 Å². The van der Waals surface area contributed by atoms with Gasteiger partial charge >= 0.3 is 0 Å². The Labute approximate surface area is 296 Å². The minimum atomic E-state index is -0.442. The van der Waals surface area contributed by atoms with Gasteiger partial charge in [-0.25, -0.2) is 9.97 Å². The molecule has 8 aromatic rings. The van der Waals surface area contributed by atoms with E-state index in [4.69, 9.17) is 9.97 Å². The van der Waals surface area contributed by atoms with Gasteiger partial charge in [0.1, 0.15) is 0 Å². The van der Waals surface area contributed by atoms with Crippen LogP contribution in [-0.2, 0) is 5.41 Å². The van der Waals surface area contributed by atoms with Crippen LogP contribution in [-0.4, -0.2) is 9.97 Å². The largest absolute Gasteiger partial charge is 0.228 e. The summed E-state index contributed by atoms with van der Waals surface area (Å²) in [5.41, 5.74) is 14.7. The van der Waals surface area contributed by atoms with Gasteiger partial charge in [0.05, 0.1) is 16.8 Å². The quantitative estimate of drug-likeness (QED) is 0.189. The summed E-state index contributed by atoms with van der Waals surface area (Å²) >= 11 is 1.87. The van der Waals surface area contributed by atoms with Gasteiger partial charge in [-0.2, -0.15) is 0 Å². The second-order valence-corrected chi connectivity index (χ2v) is 14.0. The Morgan fingerprint density at radius 3 is 1.56 bits per heavy atom. The van der Waals surface area contributed by atoms with E-state index in [0.29, 0.717) is 5.82 Å². The molecule has 2 heterocycles. The number of benzene rings is 7. The van der Waals surface area contributed by atoms with Crippen LogP contribution in [0.15, 0.2) is 192 Å². The highest BCUT2D eigenvalue weighted by atomic mass is 32.2. The summed E-state index contributed by atoms with van der Waals surface area (Å²) in [5, 5.41) is 0. The standard InChI is InChI=1S/C47H30N2S/c1-3-14-31(15-4-1)33-18-13-19-34(28-33)42-30-43(49-46(48-42)32-16-5-2-6-17-32)35-26-27-37-36-20-7-8-21-38(36)47(41(37)29-35)39-22-9-11-24-44(39)50-45-25-12-10-23-40(45)47/h1-30H. The van der Waals surface area contributed by atoms with Gasteiger partial charge in [-0.15, -0.1) is 0 Å². The Morgan fingerprint density at radius 2 is 0.860 bits per heavy atom. The normalized spacial score (nSPS) is 13.3. The summed E-state index contributed by atoms with van der Waals surface area (Å²) in [6.45, 7) is 0. The van der Waals surface area contributed by atoms with E-state index in [9.17, 15) is 0 Å². The van der Waals surface area contributed by atoms with E-state index in [1.165, 1.54) is 48.7 Å². The molecule has 0 bridgehead atoms. The van der Waals surface area contributed by atoms with Gasteiger partial charge in [-0.3, -0.25) is 0 Å². The zero-order valence-electron chi connectivity index (χ0n) is 27.1. The van der Waals surface area contributed by atoms with Gasteiger partial charge in [0.2, 0.25) is 0 Å². The molecule has 1 spiro atoms. The Morgan fingerprint density at radius 1 is 0.340 bits per heavy atom. The van der Waals surface area contributed by atoms with Crippen LogP contribution in [0.2, 0.25) is 0 Å². The SMILES string of the molecule is c1ccc(-c2cccc(-c3cc(-c4ccc5c(c4)C4(c6ccccc6Sc6ccccc64)c4ccccc4-5)nc(-c4ccccc4)n3)c2)cc1. The van der Waals surface area contributed by atoms with Gasteiger partial charge in [-0.1, -0.05) is 163 Å². The second-order valence-electron chi connectivity index (χ2n) is 12.9. The van der Waals surface area contributed by atoms with Crippen LogP contribution in [0.3, 0.4) is 0 Å². The fraction of sp³-hybridized carbons (Fsp3) is 0.0213. The first-order valence-corrected chi connectivity index (χ1v) is 17.8. The predicted molar refractivity (Wildman–Crippen MR) is 205 cm³/mol. The minimum absolute atomic E-state index is 0.442. The fourth-order valence-corrected chi connectivity index (χ4v) is 9.15. The molecule has 0 saturated heterocycles. The molecule has 2 aliphatic rings. The maximum absolute atomic E-state index is 5.26. The van der Waals surface area contributed by atoms with Crippen LogP contribution in [0.1, 0.15) is 22.3 Å². The molecule has 3 heteroatoms. The van der Waals surface area contributed by atoms with Crippen LogP contribution < -0.4 is 0 Å². The molecule has 50 heavy (non-hydrogen) atoms. The van der Waals surface area contributed by atoms with Crippen LogP contribution in [0.25, 0.3) is 56.2 Å². The van der Waals surface area contributed by atoms with E-state index in [0.717, 1.165) is 33.6 Å². The van der Waals surface area contributed by atoms with E-state index >= 15 is 0 Å². The molecule has 1 aliphatic heterocycles. The van der Waals surface area contributed by atoms with Gasteiger partial charge < -0.3 is 0 Å². The molecular weight excluding hydrogens is 625 g/mol. The molecular formula is C47H30N2S. The van der Waals surface area contributed by atoms with Crippen molar-refractivity contribution < 1.29 is 0 Å². The van der Waals surface area contributed by atoms with Crippen molar-refractivity contribution in [1.82, 2.24) is 9.97 Å². The smallest absolute Gasteiger partial charge is 0.160 e. The van der Waals surface area contributed by atoms with E-state index in [-0.39, 0.29) is 0 Å². The van der Waals surface area contributed by atoms with Gasteiger partial charge in [0, 0.05) is 26.5 Å². The molecule has 7 aromatic carbocycles. The lowest BCUT2D eigenvalue weighted by molar-refractivity contribution is 0.722. The van der Waals surface area contributed by atoms with Crippen molar-refractivity contribution in [3.05, 3.63) is 204 Å². The number of nitrogens with zero attached hydrogens (tertiary/aromatic N) is 2. The highest BCUT2D eigenvalue weighted by Gasteiger charge is 2.50. The lowest BCUT2D eigenvalue weighted by atomic mass is 9.67. The van der Waals surface area contributed by atoms with Crippen molar-refractivity contribution in [1.29, 1.82) is 0 Å². The summed E-state index contributed by atoms with van der Waals surface area (Å²) in [6, 6.07) is 65.5. The molecule has 1 aromatic heterocycles. The maximum atomic E-state index is 5.26. The third kappa shape index (κ3) is 4.44. The maximum Gasteiger partial charge on any atom is 0.160 e. The fourth-order valence-electron chi connectivity index (χ4n) is 7.96. The van der Waals surface area contributed by atoms with Gasteiger partial charge in [0.15, 0.2) is 5.82 Å². The summed E-state index contributed by atoms with van der Waals surface area (Å²) in [5.74, 6) is 0.714. The van der Waals surface area contributed by atoms with E-state index in [1.807, 2.05) is 30.0 Å². The van der Waals surface area contributed by atoms with Crippen LogP contribution >= 0.6 is 11.8 Å².